The second kappa shape index (κ2) is 5.02. The summed E-state index contributed by atoms with van der Waals surface area (Å²) in [7, 11) is 3.90. The van der Waals surface area contributed by atoms with Crippen molar-refractivity contribution in [3.63, 3.8) is 0 Å². The van der Waals surface area contributed by atoms with E-state index >= 15 is 0 Å². The van der Waals surface area contributed by atoms with Crippen LogP contribution in [0.15, 0.2) is 36.0 Å². The van der Waals surface area contributed by atoms with Crippen molar-refractivity contribution < 1.29 is 10.2 Å². The highest BCUT2D eigenvalue weighted by Crippen LogP contribution is 2.44. The normalized spacial score (nSPS) is 26.3. The van der Waals surface area contributed by atoms with Crippen LogP contribution in [-0.2, 0) is 5.60 Å². The van der Waals surface area contributed by atoms with Crippen molar-refractivity contribution in [1.82, 2.24) is 4.90 Å². The highest BCUT2D eigenvalue weighted by Gasteiger charge is 2.37. The fourth-order valence-corrected chi connectivity index (χ4v) is 2.68. The molecule has 0 unspecified atom stereocenters. The molecule has 0 radical (unpaired) electrons. The summed E-state index contributed by atoms with van der Waals surface area (Å²) >= 11 is 0. The van der Waals surface area contributed by atoms with Gasteiger partial charge in [0, 0.05) is 25.9 Å². The van der Waals surface area contributed by atoms with E-state index in [1.807, 2.05) is 37.3 Å². The number of aromatic hydroxyl groups is 1. The van der Waals surface area contributed by atoms with Crippen LogP contribution in [0.1, 0.15) is 31.2 Å². The first-order valence-corrected chi connectivity index (χ1v) is 6.42. The smallest absolute Gasteiger partial charge is 0.122 e. The first kappa shape index (κ1) is 13.0. The van der Waals surface area contributed by atoms with E-state index in [0.717, 1.165) is 24.8 Å². The van der Waals surface area contributed by atoms with Crippen molar-refractivity contribution in [2.75, 3.05) is 14.1 Å². The molecule has 2 rings (SSSR count). The Kier molecular flexibility index (Phi) is 3.62. The Bertz CT molecular complexity index is 454. The van der Waals surface area contributed by atoms with Gasteiger partial charge < -0.3 is 15.1 Å². The van der Waals surface area contributed by atoms with Crippen LogP contribution in [-0.4, -0.2) is 29.2 Å². The lowest BCUT2D eigenvalue weighted by molar-refractivity contribution is 0.0447. The minimum absolute atomic E-state index is 0.173. The van der Waals surface area contributed by atoms with Crippen molar-refractivity contribution in [2.24, 2.45) is 0 Å². The third-order valence-corrected chi connectivity index (χ3v) is 3.53. The van der Waals surface area contributed by atoms with Gasteiger partial charge in [-0.05, 0) is 37.3 Å². The average molecular weight is 247 g/mol. The number of phenols is 1. The Morgan fingerprint density at radius 3 is 2.61 bits per heavy atom. The van der Waals surface area contributed by atoms with Crippen LogP contribution >= 0.6 is 0 Å². The molecule has 3 nitrogen and oxygen atoms in total. The first-order valence-electron chi connectivity index (χ1n) is 6.42. The number of aliphatic hydroxyl groups is 1. The molecule has 0 aliphatic heterocycles. The average Bonchev–Trinajstić information content (AvgIpc) is 2.32. The quantitative estimate of drug-likeness (QED) is 0.844. The summed E-state index contributed by atoms with van der Waals surface area (Å²) in [6.07, 6.45) is 5.60. The highest BCUT2D eigenvalue weighted by molar-refractivity contribution is 5.43. The molecule has 18 heavy (non-hydrogen) atoms. The van der Waals surface area contributed by atoms with E-state index in [2.05, 4.69) is 0 Å². The van der Waals surface area contributed by atoms with E-state index in [0.29, 0.717) is 12.0 Å². The zero-order valence-electron chi connectivity index (χ0n) is 11.1. The number of para-hydroxylation sites is 1. The van der Waals surface area contributed by atoms with Gasteiger partial charge in [0.25, 0.3) is 0 Å². The number of hydrogen-bond donors (Lipinski definition) is 2. The molecule has 3 heteroatoms. The molecule has 1 atom stereocenters. The fraction of sp³-hybridized carbons (Fsp3) is 0.467. The van der Waals surface area contributed by atoms with Gasteiger partial charge in [0.2, 0.25) is 0 Å². The van der Waals surface area contributed by atoms with E-state index in [1.54, 1.807) is 12.1 Å². The number of phenolic OH excluding ortho intramolecular Hbond substituents is 1. The molecule has 0 saturated heterocycles. The standard InChI is InChI=1S/C15H21NO2/c1-16(2)11-12-7-5-6-10-15(12,18)13-8-3-4-9-14(13)17/h3-4,8-9,11,17-18H,5-7,10H2,1-2H3/t15-/m0/s1. The van der Waals surface area contributed by atoms with Crippen molar-refractivity contribution in [1.29, 1.82) is 0 Å². The molecule has 0 bridgehead atoms. The summed E-state index contributed by atoms with van der Waals surface area (Å²) in [5, 5.41) is 21.0. The second-order valence-corrected chi connectivity index (χ2v) is 5.20. The van der Waals surface area contributed by atoms with Crippen LogP contribution < -0.4 is 0 Å². The van der Waals surface area contributed by atoms with E-state index in [1.165, 1.54) is 0 Å². The van der Waals surface area contributed by atoms with Crippen LogP contribution in [0.5, 0.6) is 5.75 Å². The van der Waals surface area contributed by atoms with Crippen LogP contribution in [0, 0.1) is 0 Å². The van der Waals surface area contributed by atoms with Crippen LogP contribution in [0.2, 0.25) is 0 Å². The van der Waals surface area contributed by atoms with Gasteiger partial charge in [-0.25, -0.2) is 0 Å². The molecule has 2 N–H and O–H groups in total. The highest BCUT2D eigenvalue weighted by atomic mass is 16.3. The fourth-order valence-electron chi connectivity index (χ4n) is 2.68. The topological polar surface area (TPSA) is 43.7 Å². The molecule has 1 aromatic rings. The summed E-state index contributed by atoms with van der Waals surface area (Å²) < 4.78 is 0. The summed E-state index contributed by atoms with van der Waals surface area (Å²) in [4.78, 5) is 1.95. The van der Waals surface area contributed by atoms with E-state index in [9.17, 15) is 10.2 Å². The summed E-state index contributed by atoms with van der Waals surface area (Å²) in [5.41, 5.74) is 0.589. The lowest BCUT2D eigenvalue weighted by atomic mass is 9.75. The molecular weight excluding hydrogens is 226 g/mol. The number of rotatable bonds is 2. The molecule has 1 fully saturated rings. The van der Waals surface area contributed by atoms with Crippen molar-refractivity contribution in [3.05, 3.63) is 41.6 Å². The number of benzene rings is 1. The van der Waals surface area contributed by atoms with Gasteiger partial charge in [-0.2, -0.15) is 0 Å². The van der Waals surface area contributed by atoms with Crippen molar-refractivity contribution in [3.8, 4) is 5.75 Å². The largest absolute Gasteiger partial charge is 0.508 e. The maximum absolute atomic E-state index is 11.0. The molecule has 0 aromatic heterocycles. The predicted octanol–water partition coefficient (Wildman–Crippen LogP) is 2.60. The molecule has 98 valence electrons. The minimum atomic E-state index is -1.02. The van der Waals surface area contributed by atoms with Crippen molar-refractivity contribution >= 4 is 0 Å². The predicted molar refractivity (Wildman–Crippen MR) is 72.2 cm³/mol. The second-order valence-electron chi connectivity index (χ2n) is 5.20. The Morgan fingerprint density at radius 2 is 1.94 bits per heavy atom. The zero-order valence-corrected chi connectivity index (χ0v) is 11.1. The number of nitrogens with zero attached hydrogens (tertiary/aromatic N) is 1. The van der Waals surface area contributed by atoms with Gasteiger partial charge in [-0.15, -0.1) is 0 Å². The lowest BCUT2D eigenvalue weighted by Gasteiger charge is -2.36. The molecule has 0 amide bonds. The SMILES string of the molecule is CN(C)C=C1CCCC[C@@]1(O)c1ccccc1O. The van der Waals surface area contributed by atoms with E-state index in [-0.39, 0.29) is 5.75 Å². The molecule has 1 aliphatic carbocycles. The molecule has 0 heterocycles. The molecule has 1 saturated carbocycles. The monoisotopic (exact) mass is 247 g/mol. The van der Waals surface area contributed by atoms with Gasteiger partial charge in [0.15, 0.2) is 0 Å². The third kappa shape index (κ3) is 2.36. The molecule has 0 spiro atoms. The Morgan fingerprint density at radius 1 is 1.22 bits per heavy atom. The van der Waals surface area contributed by atoms with E-state index < -0.39 is 5.60 Å². The van der Waals surface area contributed by atoms with Gasteiger partial charge in [0.05, 0.1) is 0 Å². The van der Waals surface area contributed by atoms with Gasteiger partial charge in [0.1, 0.15) is 11.4 Å². The number of hydrogen-bond acceptors (Lipinski definition) is 3. The molecular formula is C15H21NO2. The van der Waals surface area contributed by atoms with Gasteiger partial charge in [-0.1, -0.05) is 18.2 Å². The van der Waals surface area contributed by atoms with Gasteiger partial charge >= 0.3 is 0 Å². The minimum Gasteiger partial charge on any atom is -0.508 e. The van der Waals surface area contributed by atoms with Crippen molar-refractivity contribution in [2.45, 2.75) is 31.3 Å². The Balaban J connectivity index is 2.46. The molecule has 1 aromatic carbocycles. The zero-order chi connectivity index (χ0) is 13.2. The Hall–Kier alpha value is -1.48. The van der Waals surface area contributed by atoms with Crippen LogP contribution in [0.3, 0.4) is 0 Å². The summed E-state index contributed by atoms with van der Waals surface area (Å²) in [5.74, 6) is 0.173. The molecule has 1 aliphatic rings. The summed E-state index contributed by atoms with van der Waals surface area (Å²) in [6.45, 7) is 0. The van der Waals surface area contributed by atoms with Gasteiger partial charge in [-0.3, -0.25) is 0 Å². The summed E-state index contributed by atoms with van der Waals surface area (Å²) in [6, 6.07) is 7.08. The van der Waals surface area contributed by atoms with Crippen LogP contribution in [0.4, 0.5) is 0 Å². The Labute approximate surface area is 108 Å². The van der Waals surface area contributed by atoms with Crippen LogP contribution in [0.25, 0.3) is 0 Å². The maximum Gasteiger partial charge on any atom is 0.122 e. The first-order chi connectivity index (χ1) is 8.54. The maximum atomic E-state index is 11.0. The third-order valence-electron chi connectivity index (χ3n) is 3.53. The van der Waals surface area contributed by atoms with E-state index in [4.69, 9.17) is 0 Å². The lowest BCUT2D eigenvalue weighted by Crippen LogP contribution is -2.32.